The summed E-state index contributed by atoms with van der Waals surface area (Å²) in [6.45, 7) is 5.29. The van der Waals surface area contributed by atoms with E-state index in [0.717, 1.165) is 36.4 Å². The molecule has 3 unspecified atom stereocenters. The number of aromatic nitrogens is 2. The second kappa shape index (κ2) is 11.6. The summed E-state index contributed by atoms with van der Waals surface area (Å²) < 4.78 is 11.1. The molecule has 0 N–H and O–H groups in total. The van der Waals surface area contributed by atoms with Crippen LogP contribution in [0.15, 0.2) is 41.6 Å². The average molecular weight is 538 g/mol. The van der Waals surface area contributed by atoms with E-state index in [1.807, 2.05) is 48.0 Å². The largest absolute Gasteiger partial charge is 0.493 e. The van der Waals surface area contributed by atoms with E-state index >= 15 is 0 Å². The van der Waals surface area contributed by atoms with Crippen molar-refractivity contribution in [2.75, 3.05) is 51.8 Å². The SMILES string of the molecule is CCOc1ccc(/C=C2/SC3CCC(C(=O)N4CCN(c5ncccn5)CC4)CC3N(C)C2=O)cc1OC. The molecule has 38 heavy (non-hydrogen) atoms. The molecule has 0 radical (unpaired) electrons. The summed E-state index contributed by atoms with van der Waals surface area (Å²) in [7, 11) is 3.49. The lowest BCUT2D eigenvalue weighted by molar-refractivity contribution is -0.139. The van der Waals surface area contributed by atoms with E-state index in [4.69, 9.17) is 9.47 Å². The lowest BCUT2D eigenvalue weighted by Crippen LogP contribution is -2.55. The Labute approximate surface area is 228 Å². The molecule has 2 aliphatic heterocycles. The average Bonchev–Trinajstić information content (AvgIpc) is 2.96. The van der Waals surface area contributed by atoms with Crippen molar-refractivity contribution in [2.24, 2.45) is 5.92 Å². The first-order valence-electron chi connectivity index (χ1n) is 13.3. The Morgan fingerprint density at radius 2 is 1.89 bits per heavy atom. The van der Waals surface area contributed by atoms with Gasteiger partial charge in [0, 0.05) is 62.8 Å². The molecule has 2 saturated heterocycles. The molecule has 3 aliphatic rings. The van der Waals surface area contributed by atoms with Crippen molar-refractivity contribution in [1.29, 1.82) is 0 Å². The number of hydrogen-bond acceptors (Lipinski definition) is 8. The maximum absolute atomic E-state index is 13.4. The van der Waals surface area contributed by atoms with Crippen LogP contribution in [-0.4, -0.2) is 89.8 Å². The van der Waals surface area contributed by atoms with Crippen molar-refractivity contribution in [3.05, 3.63) is 47.1 Å². The van der Waals surface area contributed by atoms with E-state index in [2.05, 4.69) is 14.9 Å². The first kappa shape index (κ1) is 26.3. The molecule has 0 spiro atoms. The smallest absolute Gasteiger partial charge is 0.260 e. The van der Waals surface area contributed by atoms with Gasteiger partial charge < -0.3 is 24.2 Å². The monoisotopic (exact) mass is 537 g/mol. The fourth-order valence-corrected chi connectivity index (χ4v) is 7.04. The van der Waals surface area contributed by atoms with Crippen LogP contribution in [0, 0.1) is 5.92 Å². The molecule has 5 rings (SSSR count). The van der Waals surface area contributed by atoms with Crippen molar-refractivity contribution in [2.45, 2.75) is 37.5 Å². The van der Waals surface area contributed by atoms with Gasteiger partial charge in [0.05, 0.1) is 18.6 Å². The minimum Gasteiger partial charge on any atom is -0.493 e. The molecule has 1 aromatic heterocycles. The molecule has 1 aromatic carbocycles. The third-order valence-corrected chi connectivity index (χ3v) is 9.02. The minimum absolute atomic E-state index is 0.00803. The van der Waals surface area contributed by atoms with Crippen molar-refractivity contribution < 1.29 is 19.1 Å². The molecular weight excluding hydrogens is 502 g/mol. The highest BCUT2D eigenvalue weighted by molar-refractivity contribution is 8.04. The summed E-state index contributed by atoms with van der Waals surface area (Å²) in [6, 6.07) is 7.58. The van der Waals surface area contributed by atoms with Crippen molar-refractivity contribution in [3.8, 4) is 11.5 Å². The van der Waals surface area contributed by atoms with E-state index < -0.39 is 0 Å². The number of anilines is 1. The van der Waals surface area contributed by atoms with Gasteiger partial charge in [-0.3, -0.25) is 9.59 Å². The summed E-state index contributed by atoms with van der Waals surface area (Å²) in [4.78, 5) is 42.1. The Bertz CT molecular complexity index is 1190. The molecule has 3 fully saturated rings. The van der Waals surface area contributed by atoms with Gasteiger partial charge in [-0.15, -0.1) is 11.8 Å². The number of ether oxygens (including phenoxy) is 2. The van der Waals surface area contributed by atoms with Crippen LogP contribution in [0.4, 0.5) is 5.95 Å². The molecule has 2 aromatic rings. The van der Waals surface area contributed by atoms with Crippen LogP contribution in [0.25, 0.3) is 6.08 Å². The zero-order chi connectivity index (χ0) is 26.6. The van der Waals surface area contributed by atoms with Gasteiger partial charge in [0.2, 0.25) is 11.9 Å². The predicted octanol–water partition coefficient (Wildman–Crippen LogP) is 3.32. The number of methoxy groups -OCH3 is 1. The number of carbonyl (C=O) groups excluding carboxylic acids is 2. The zero-order valence-electron chi connectivity index (χ0n) is 22.2. The van der Waals surface area contributed by atoms with Gasteiger partial charge in [-0.25, -0.2) is 9.97 Å². The topological polar surface area (TPSA) is 88.1 Å². The first-order chi connectivity index (χ1) is 18.5. The van der Waals surface area contributed by atoms with Crippen LogP contribution in [0.2, 0.25) is 0 Å². The molecule has 3 atom stereocenters. The molecule has 1 saturated carbocycles. The van der Waals surface area contributed by atoms with E-state index in [1.54, 1.807) is 37.3 Å². The summed E-state index contributed by atoms with van der Waals surface area (Å²) >= 11 is 1.65. The summed E-state index contributed by atoms with van der Waals surface area (Å²) in [5.41, 5.74) is 0.900. The lowest BCUT2D eigenvalue weighted by atomic mass is 9.83. The van der Waals surface area contributed by atoms with Gasteiger partial charge in [0.15, 0.2) is 11.5 Å². The number of amides is 2. The Balaban J connectivity index is 1.21. The number of hydrogen-bond donors (Lipinski definition) is 0. The number of carbonyl (C=O) groups is 2. The molecule has 0 bridgehead atoms. The predicted molar refractivity (Wildman–Crippen MR) is 148 cm³/mol. The van der Waals surface area contributed by atoms with Gasteiger partial charge in [0.25, 0.3) is 5.91 Å². The number of benzene rings is 1. The number of rotatable bonds is 6. The molecule has 1 aliphatic carbocycles. The first-order valence-corrected chi connectivity index (χ1v) is 14.1. The number of thioether (sulfide) groups is 1. The Morgan fingerprint density at radius 1 is 1.13 bits per heavy atom. The standard InChI is InChI=1S/C28H35N5O4S/c1-4-37-22-8-6-19(16-23(22)36-3)17-25-27(35)31(2)21-18-20(7-9-24(21)38-25)26(34)32-12-14-33(15-13-32)28-29-10-5-11-30-28/h5-6,8,10-11,16-17,20-21,24H,4,7,9,12-15,18H2,1-3H3/b25-17+. The molecular formula is C28H35N5O4S. The van der Waals surface area contributed by atoms with E-state index in [-0.39, 0.29) is 29.0 Å². The van der Waals surface area contributed by atoms with E-state index in [1.165, 1.54) is 0 Å². The van der Waals surface area contributed by atoms with Crippen molar-refractivity contribution in [3.63, 3.8) is 0 Å². The second-order valence-corrected chi connectivity index (χ2v) is 11.1. The Morgan fingerprint density at radius 3 is 2.61 bits per heavy atom. The zero-order valence-corrected chi connectivity index (χ0v) is 23.0. The quantitative estimate of drug-likeness (QED) is 0.519. The number of fused-ring (bicyclic) bond motifs is 1. The molecule has 9 nitrogen and oxygen atoms in total. The van der Waals surface area contributed by atoms with Crippen LogP contribution >= 0.6 is 11.8 Å². The van der Waals surface area contributed by atoms with Gasteiger partial charge in [-0.05, 0) is 56.0 Å². The molecule has 3 heterocycles. The Hall–Kier alpha value is -3.27. The fraction of sp³-hybridized carbons (Fsp3) is 0.500. The maximum Gasteiger partial charge on any atom is 0.260 e. The van der Waals surface area contributed by atoms with Gasteiger partial charge in [-0.1, -0.05) is 6.07 Å². The van der Waals surface area contributed by atoms with Crippen LogP contribution in [-0.2, 0) is 9.59 Å². The van der Waals surface area contributed by atoms with Crippen LogP contribution in [0.1, 0.15) is 31.7 Å². The third kappa shape index (κ3) is 5.45. The highest BCUT2D eigenvalue weighted by atomic mass is 32.2. The number of likely N-dealkylation sites (N-methyl/N-ethyl adjacent to an activating group) is 1. The molecule has 2 amide bonds. The van der Waals surface area contributed by atoms with Crippen LogP contribution < -0.4 is 14.4 Å². The van der Waals surface area contributed by atoms with E-state index in [9.17, 15) is 9.59 Å². The number of nitrogens with zero attached hydrogens (tertiary/aromatic N) is 5. The minimum atomic E-state index is -0.0486. The maximum atomic E-state index is 13.4. The molecule has 10 heteroatoms. The summed E-state index contributed by atoms with van der Waals surface area (Å²) in [6.07, 6.45) is 7.89. The number of piperazine rings is 1. The van der Waals surface area contributed by atoms with Crippen molar-refractivity contribution in [1.82, 2.24) is 19.8 Å². The van der Waals surface area contributed by atoms with Gasteiger partial charge >= 0.3 is 0 Å². The van der Waals surface area contributed by atoms with Gasteiger partial charge in [0.1, 0.15) is 0 Å². The lowest BCUT2D eigenvalue weighted by Gasteiger charge is -2.45. The highest BCUT2D eigenvalue weighted by Crippen LogP contribution is 2.44. The Kier molecular flexibility index (Phi) is 8.06. The highest BCUT2D eigenvalue weighted by Gasteiger charge is 2.43. The molecule has 202 valence electrons. The van der Waals surface area contributed by atoms with Crippen LogP contribution in [0.3, 0.4) is 0 Å². The van der Waals surface area contributed by atoms with Crippen LogP contribution in [0.5, 0.6) is 11.5 Å². The van der Waals surface area contributed by atoms with Gasteiger partial charge in [-0.2, -0.15) is 0 Å². The normalized spacial score (nSPS) is 24.8. The van der Waals surface area contributed by atoms with E-state index in [0.29, 0.717) is 43.6 Å². The summed E-state index contributed by atoms with van der Waals surface area (Å²) in [5.74, 6) is 2.23. The fourth-order valence-electron chi connectivity index (χ4n) is 5.56. The second-order valence-electron chi connectivity index (χ2n) is 9.86. The summed E-state index contributed by atoms with van der Waals surface area (Å²) in [5, 5.41) is 0.282. The third-order valence-electron chi connectivity index (χ3n) is 7.62. The van der Waals surface area contributed by atoms with Crippen molar-refractivity contribution >= 4 is 35.6 Å².